The smallest absolute Gasteiger partial charge is 0.136 e. The van der Waals surface area contributed by atoms with Gasteiger partial charge in [0.25, 0.3) is 0 Å². The number of benzene rings is 12. The SMILES string of the molecule is c1ccc(-n2c3cc(-c4ccc(N(c5ccc(-c6ccc7c(c6)oc6ccccc67)cc5)c5ccc(-c6cc7ccccc7c7ccccc67)cc5)cc4)ccc3c3ccc4ccccc4c32)cc1. The van der Waals surface area contributed by atoms with E-state index in [2.05, 4.69) is 252 Å². The Morgan fingerprint density at radius 3 is 1.51 bits per heavy atom. The standard InChI is InChI=1S/C66H42N2O/c1-2-14-50(15-3-1)68-63-41-47(29-37-58(63)61-39-28-45-12-4-7-17-55(45)66(61)68)43-22-31-51(32-23-43)67(52-33-24-44(25-34-52)48-30-38-60-59-20-10-11-21-64(59)69-65(60)42-48)53-35-26-46(27-36-53)62-40-49-13-5-6-16-54(49)56-18-8-9-19-57(56)62/h1-42H. The number of anilines is 3. The highest BCUT2D eigenvalue weighted by Gasteiger charge is 2.19. The van der Waals surface area contributed by atoms with E-state index in [-0.39, 0.29) is 0 Å². The van der Waals surface area contributed by atoms with Gasteiger partial charge in [-0.15, -0.1) is 0 Å². The predicted octanol–water partition coefficient (Wildman–Crippen LogP) is 18.6. The fourth-order valence-corrected chi connectivity index (χ4v) is 10.8. The predicted molar refractivity (Wildman–Crippen MR) is 292 cm³/mol. The van der Waals surface area contributed by atoms with Gasteiger partial charge in [-0.2, -0.15) is 0 Å². The maximum absolute atomic E-state index is 6.29. The van der Waals surface area contributed by atoms with Gasteiger partial charge in [-0.25, -0.2) is 0 Å². The molecule has 0 N–H and O–H groups in total. The first-order valence-corrected chi connectivity index (χ1v) is 23.6. The lowest BCUT2D eigenvalue weighted by Crippen LogP contribution is -2.09. The van der Waals surface area contributed by atoms with Gasteiger partial charge in [-0.1, -0.05) is 176 Å². The Labute approximate surface area is 399 Å². The van der Waals surface area contributed by atoms with Crippen LogP contribution in [0.25, 0.3) is 115 Å². The molecule has 0 aliphatic heterocycles. The maximum Gasteiger partial charge on any atom is 0.136 e. The van der Waals surface area contributed by atoms with Crippen LogP contribution in [0.2, 0.25) is 0 Å². The van der Waals surface area contributed by atoms with Crippen molar-refractivity contribution in [2.24, 2.45) is 0 Å². The van der Waals surface area contributed by atoms with E-state index in [1.807, 2.05) is 12.1 Å². The zero-order valence-electron chi connectivity index (χ0n) is 37.6. The number of aromatic nitrogens is 1. The molecule has 14 aromatic rings. The van der Waals surface area contributed by atoms with E-state index < -0.39 is 0 Å². The normalized spacial score (nSPS) is 11.8. The van der Waals surface area contributed by atoms with Crippen LogP contribution in [0, 0.1) is 0 Å². The highest BCUT2D eigenvalue weighted by atomic mass is 16.3. The lowest BCUT2D eigenvalue weighted by molar-refractivity contribution is 0.669. The number of para-hydroxylation sites is 2. The zero-order valence-corrected chi connectivity index (χ0v) is 37.6. The molecular formula is C66H42N2O. The Hall–Kier alpha value is -9.18. The molecule has 0 bridgehead atoms. The first-order chi connectivity index (χ1) is 34.2. The summed E-state index contributed by atoms with van der Waals surface area (Å²) in [6.45, 7) is 0. The Morgan fingerprint density at radius 1 is 0.290 bits per heavy atom. The molecule has 0 fully saturated rings. The average molecular weight is 879 g/mol. The third kappa shape index (κ3) is 6.43. The molecule has 69 heavy (non-hydrogen) atoms. The minimum atomic E-state index is 0.896. The minimum Gasteiger partial charge on any atom is -0.456 e. The second-order valence-electron chi connectivity index (χ2n) is 18.1. The molecule has 2 heterocycles. The molecule has 0 saturated heterocycles. The van der Waals surface area contributed by atoms with Crippen molar-refractivity contribution in [2.45, 2.75) is 0 Å². The Balaban J connectivity index is 0.871. The number of hydrogen-bond acceptors (Lipinski definition) is 2. The number of furan rings is 1. The van der Waals surface area contributed by atoms with Crippen molar-refractivity contribution in [3.8, 4) is 39.1 Å². The molecule has 3 heteroatoms. The molecule has 322 valence electrons. The van der Waals surface area contributed by atoms with Crippen molar-refractivity contribution in [3.63, 3.8) is 0 Å². The molecule has 2 aromatic heterocycles. The molecule has 0 aliphatic rings. The molecule has 14 rings (SSSR count). The van der Waals surface area contributed by atoms with Crippen LogP contribution in [0.3, 0.4) is 0 Å². The third-order valence-corrected chi connectivity index (χ3v) is 14.2. The lowest BCUT2D eigenvalue weighted by atomic mass is 9.93. The number of rotatable bonds is 7. The van der Waals surface area contributed by atoms with Gasteiger partial charge in [0.2, 0.25) is 0 Å². The van der Waals surface area contributed by atoms with E-state index in [1.165, 1.54) is 70.8 Å². The van der Waals surface area contributed by atoms with E-state index in [9.17, 15) is 0 Å². The van der Waals surface area contributed by atoms with Crippen molar-refractivity contribution >= 4 is 93.1 Å². The summed E-state index contributed by atoms with van der Waals surface area (Å²) in [5.41, 5.74) is 15.6. The van der Waals surface area contributed by atoms with Gasteiger partial charge in [-0.05, 0) is 139 Å². The van der Waals surface area contributed by atoms with Crippen molar-refractivity contribution in [1.82, 2.24) is 4.57 Å². The molecule has 0 radical (unpaired) electrons. The Bertz CT molecular complexity index is 4280. The van der Waals surface area contributed by atoms with E-state index in [4.69, 9.17) is 4.42 Å². The van der Waals surface area contributed by atoms with E-state index in [0.29, 0.717) is 0 Å². The average Bonchev–Trinajstić information content (AvgIpc) is 3.97. The molecule has 12 aromatic carbocycles. The molecule has 0 atom stereocenters. The number of hydrogen-bond donors (Lipinski definition) is 0. The fraction of sp³-hybridized carbons (Fsp3) is 0. The maximum atomic E-state index is 6.29. The number of fused-ring (bicyclic) bond motifs is 11. The van der Waals surface area contributed by atoms with Crippen LogP contribution < -0.4 is 4.90 Å². The monoisotopic (exact) mass is 878 g/mol. The molecule has 3 nitrogen and oxygen atoms in total. The van der Waals surface area contributed by atoms with E-state index >= 15 is 0 Å². The summed E-state index contributed by atoms with van der Waals surface area (Å²) in [6.07, 6.45) is 0. The number of nitrogens with zero attached hydrogens (tertiary/aromatic N) is 2. The molecule has 0 aliphatic carbocycles. The van der Waals surface area contributed by atoms with Crippen molar-refractivity contribution in [1.29, 1.82) is 0 Å². The summed E-state index contributed by atoms with van der Waals surface area (Å²) in [5, 5.41) is 12.3. The highest BCUT2D eigenvalue weighted by molar-refractivity contribution is 6.19. The summed E-state index contributed by atoms with van der Waals surface area (Å²) >= 11 is 0. The van der Waals surface area contributed by atoms with Crippen LogP contribution in [0.5, 0.6) is 0 Å². The zero-order chi connectivity index (χ0) is 45.4. The summed E-state index contributed by atoms with van der Waals surface area (Å²) in [7, 11) is 0. The summed E-state index contributed by atoms with van der Waals surface area (Å²) in [5.74, 6) is 0. The van der Waals surface area contributed by atoms with E-state index in [0.717, 1.165) is 61.4 Å². The van der Waals surface area contributed by atoms with Gasteiger partial charge in [-0.3, -0.25) is 0 Å². The highest BCUT2D eigenvalue weighted by Crippen LogP contribution is 2.42. The van der Waals surface area contributed by atoms with Gasteiger partial charge in [0.1, 0.15) is 11.2 Å². The van der Waals surface area contributed by atoms with Gasteiger partial charge < -0.3 is 13.9 Å². The molecule has 0 spiro atoms. The quantitative estimate of drug-likeness (QED) is 0.149. The van der Waals surface area contributed by atoms with Gasteiger partial charge in [0, 0.05) is 49.7 Å². The van der Waals surface area contributed by atoms with Crippen molar-refractivity contribution < 1.29 is 4.42 Å². The first-order valence-electron chi connectivity index (χ1n) is 23.6. The summed E-state index contributed by atoms with van der Waals surface area (Å²) in [4.78, 5) is 2.36. The largest absolute Gasteiger partial charge is 0.456 e. The third-order valence-electron chi connectivity index (χ3n) is 14.2. The Morgan fingerprint density at radius 2 is 0.797 bits per heavy atom. The topological polar surface area (TPSA) is 21.3 Å². The molecule has 0 unspecified atom stereocenters. The summed E-state index contributed by atoms with van der Waals surface area (Å²) in [6, 6.07) is 92.5. The summed E-state index contributed by atoms with van der Waals surface area (Å²) < 4.78 is 8.73. The van der Waals surface area contributed by atoms with Gasteiger partial charge >= 0.3 is 0 Å². The van der Waals surface area contributed by atoms with Crippen LogP contribution in [-0.4, -0.2) is 4.57 Å². The molecule has 0 saturated carbocycles. The van der Waals surface area contributed by atoms with Crippen LogP contribution in [0.1, 0.15) is 0 Å². The minimum absolute atomic E-state index is 0.896. The molecule has 0 amide bonds. The second kappa shape index (κ2) is 15.7. The van der Waals surface area contributed by atoms with Gasteiger partial charge in [0.15, 0.2) is 0 Å². The van der Waals surface area contributed by atoms with Crippen LogP contribution in [0.4, 0.5) is 17.1 Å². The van der Waals surface area contributed by atoms with Crippen molar-refractivity contribution in [3.05, 3.63) is 255 Å². The van der Waals surface area contributed by atoms with Crippen LogP contribution >= 0.6 is 0 Å². The van der Waals surface area contributed by atoms with E-state index in [1.54, 1.807) is 0 Å². The fourth-order valence-electron chi connectivity index (χ4n) is 10.8. The Kier molecular flexibility index (Phi) is 8.90. The lowest BCUT2D eigenvalue weighted by Gasteiger charge is -2.26. The first kappa shape index (κ1) is 39.0. The molecular weight excluding hydrogens is 837 g/mol. The van der Waals surface area contributed by atoms with Gasteiger partial charge in [0.05, 0.1) is 11.0 Å². The second-order valence-corrected chi connectivity index (χ2v) is 18.1. The van der Waals surface area contributed by atoms with Crippen molar-refractivity contribution in [2.75, 3.05) is 4.90 Å². The van der Waals surface area contributed by atoms with Crippen LogP contribution in [-0.2, 0) is 0 Å². The van der Waals surface area contributed by atoms with Crippen LogP contribution in [0.15, 0.2) is 259 Å².